The van der Waals surface area contributed by atoms with Crippen molar-refractivity contribution in [2.24, 2.45) is 5.92 Å². The molecule has 0 aromatic rings. The summed E-state index contributed by atoms with van der Waals surface area (Å²) >= 11 is 0. The third-order valence-electron chi connectivity index (χ3n) is 2.42. The molecule has 0 heterocycles. The van der Waals surface area contributed by atoms with E-state index in [1.54, 1.807) is 0 Å². The molecule has 86 valence electrons. The monoisotopic (exact) mass is 204 g/mol. The minimum Gasteiger partial charge on any atom is -0.394 e. The van der Waals surface area contributed by atoms with E-state index < -0.39 is 6.10 Å². The fourth-order valence-electron chi connectivity index (χ4n) is 1.32. The summed E-state index contributed by atoms with van der Waals surface area (Å²) in [7, 11) is 0. The van der Waals surface area contributed by atoms with Gasteiger partial charge in [0.05, 0.1) is 13.2 Å². The number of ether oxygens (including phenoxy) is 1. The molecule has 0 bridgehead atoms. The molecule has 0 aliphatic carbocycles. The summed E-state index contributed by atoms with van der Waals surface area (Å²) in [6.07, 6.45) is 4.05. The maximum Gasteiger partial charge on any atom is 0.100 e. The van der Waals surface area contributed by atoms with Crippen molar-refractivity contribution in [1.82, 2.24) is 0 Å². The van der Waals surface area contributed by atoms with E-state index in [9.17, 15) is 0 Å². The lowest BCUT2D eigenvalue weighted by Gasteiger charge is -2.15. The second kappa shape index (κ2) is 9.44. The van der Waals surface area contributed by atoms with Crippen LogP contribution in [0.15, 0.2) is 0 Å². The van der Waals surface area contributed by atoms with Gasteiger partial charge < -0.3 is 14.9 Å². The molecule has 2 atom stereocenters. The summed E-state index contributed by atoms with van der Waals surface area (Å²) in [5.41, 5.74) is 0. The van der Waals surface area contributed by atoms with Crippen LogP contribution in [0.1, 0.15) is 39.5 Å². The summed E-state index contributed by atoms with van der Waals surface area (Å²) in [6.45, 7) is 5.08. The van der Waals surface area contributed by atoms with Crippen molar-refractivity contribution in [1.29, 1.82) is 0 Å². The van der Waals surface area contributed by atoms with Gasteiger partial charge in [0, 0.05) is 6.61 Å². The Morgan fingerprint density at radius 3 is 2.43 bits per heavy atom. The Kier molecular flexibility index (Phi) is 9.35. The summed E-state index contributed by atoms with van der Waals surface area (Å²) in [5, 5.41) is 17.6. The Morgan fingerprint density at radius 2 is 1.93 bits per heavy atom. The molecule has 0 radical (unpaired) electrons. The van der Waals surface area contributed by atoms with Gasteiger partial charge in [-0.05, 0) is 12.3 Å². The Hall–Kier alpha value is -0.120. The van der Waals surface area contributed by atoms with Crippen LogP contribution in [-0.2, 0) is 4.74 Å². The van der Waals surface area contributed by atoms with Crippen molar-refractivity contribution in [2.75, 3.05) is 19.8 Å². The summed E-state index contributed by atoms with van der Waals surface area (Å²) in [4.78, 5) is 0. The minimum absolute atomic E-state index is 0.217. The third-order valence-corrected chi connectivity index (χ3v) is 2.42. The Bertz CT molecular complexity index is 117. The van der Waals surface area contributed by atoms with Gasteiger partial charge in [0.2, 0.25) is 0 Å². The normalized spacial score (nSPS) is 15.4. The summed E-state index contributed by atoms with van der Waals surface area (Å²) < 4.78 is 5.33. The lowest BCUT2D eigenvalue weighted by Crippen LogP contribution is -2.21. The topological polar surface area (TPSA) is 49.7 Å². The van der Waals surface area contributed by atoms with E-state index in [0.29, 0.717) is 12.5 Å². The zero-order valence-corrected chi connectivity index (χ0v) is 9.41. The Labute approximate surface area is 87.1 Å². The number of aliphatic hydroxyl groups is 2. The van der Waals surface area contributed by atoms with E-state index in [1.807, 2.05) is 0 Å². The molecular formula is C11H24O3. The van der Waals surface area contributed by atoms with Gasteiger partial charge in [-0.3, -0.25) is 0 Å². The molecule has 3 nitrogen and oxygen atoms in total. The predicted octanol–water partition coefficient (Wildman–Crippen LogP) is 1.57. The van der Waals surface area contributed by atoms with Gasteiger partial charge in [0.15, 0.2) is 0 Å². The molecule has 3 heteroatoms. The van der Waals surface area contributed by atoms with E-state index >= 15 is 0 Å². The van der Waals surface area contributed by atoms with Crippen molar-refractivity contribution in [3.8, 4) is 0 Å². The molecule has 14 heavy (non-hydrogen) atoms. The predicted molar refractivity (Wildman–Crippen MR) is 57.2 cm³/mol. The molecule has 0 rings (SSSR count). The highest BCUT2D eigenvalue weighted by molar-refractivity contribution is 4.57. The first-order chi connectivity index (χ1) is 6.74. The van der Waals surface area contributed by atoms with Crippen LogP contribution in [0.2, 0.25) is 0 Å². The lowest BCUT2D eigenvalue weighted by atomic mass is 10.0. The molecule has 0 aliphatic rings. The number of rotatable bonds is 9. The van der Waals surface area contributed by atoms with Crippen molar-refractivity contribution in [3.63, 3.8) is 0 Å². The second-order valence-electron chi connectivity index (χ2n) is 3.79. The first-order valence-electron chi connectivity index (χ1n) is 5.61. The van der Waals surface area contributed by atoms with E-state index in [1.165, 1.54) is 19.3 Å². The average molecular weight is 204 g/mol. The van der Waals surface area contributed by atoms with Gasteiger partial charge in [-0.1, -0.05) is 33.1 Å². The average Bonchev–Trinajstić information content (AvgIpc) is 2.22. The first kappa shape index (κ1) is 13.9. The Balaban J connectivity index is 3.42. The maximum absolute atomic E-state index is 9.04. The number of aliphatic hydroxyl groups excluding tert-OH is 2. The Morgan fingerprint density at radius 1 is 1.21 bits per heavy atom. The molecule has 0 spiro atoms. The first-order valence-corrected chi connectivity index (χ1v) is 5.61. The molecule has 0 unspecified atom stereocenters. The van der Waals surface area contributed by atoms with Crippen LogP contribution in [0.3, 0.4) is 0 Å². The quantitative estimate of drug-likeness (QED) is 0.599. The fraction of sp³-hybridized carbons (Fsp3) is 1.00. The second-order valence-corrected chi connectivity index (χ2v) is 3.79. The fourth-order valence-corrected chi connectivity index (χ4v) is 1.32. The lowest BCUT2D eigenvalue weighted by molar-refractivity contribution is -0.00599. The van der Waals surface area contributed by atoms with E-state index in [4.69, 9.17) is 14.9 Å². The maximum atomic E-state index is 9.04. The van der Waals surface area contributed by atoms with E-state index in [0.717, 1.165) is 6.42 Å². The van der Waals surface area contributed by atoms with Gasteiger partial charge in [-0.2, -0.15) is 0 Å². The van der Waals surface area contributed by atoms with Crippen LogP contribution in [0.25, 0.3) is 0 Å². The molecular weight excluding hydrogens is 180 g/mol. The molecule has 2 N–H and O–H groups in total. The molecule has 0 amide bonds. The van der Waals surface area contributed by atoms with Gasteiger partial charge in [0.1, 0.15) is 6.10 Å². The molecule has 0 aromatic heterocycles. The third kappa shape index (κ3) is 7.30. The minimum atomic E-state index is -0.723. The van der Waals surface area contributed by atoms with Crippen LogP contribution in [-0.4, -0.2) is 36.1 Å². The van der Waals surface area contributed by atoms with Crippen molar-refractivity contribution in [2.45, 2.75) is 45.6 Å². The summed E-state index contributed by atoms with van der Waals surface area (Å²) in [6, 6.07) is 0. The molecule has 0 aromatic carbocycles. The van der Waals surface area contributed by atoms with Gasteiger partial charge in [-0.25, -0.2) is 0 Å². The van der Waals surface area contributed by atoms with Crippen molar-refractivity contribution < 1.29 is 14.9 Å². The number of hydrogen-bond acceptors (Lipinski definition) is 3. The zero-order chi connectivity index (χ0) is 10.8. The van der Waals surface area contributed by atoms with Crippen LogP contribution in [0.5, 0.6) is 0 Å². The van der Waals surface area contributed by atoms with Crippen LogP contribution >= 0.6 is 0 Å². The molecule has 0 saturated heterocycles. The van der Waals surface area contributed by atoms with Gasteiger partial charge in [-0.15, -0.1) is 0 Å². The van der Waals surface area contributed by atoms with Crippen LogP contribution in [0.4, 0.5) is 0 Å². The molecule has 0 fully saturated rings. The van der Waals surface area contributed by atoms with Crippen molar-refractivity contribution in [3.05, 3.63) is 0 Å². The smallest absolute Gasteiger partial charge is 0.100 e. The van der Waals surface area contributed by atoms with Gasteiger partial charge >= 0.3 is 0 Å². The van der Waals surface area contributed by atoms with Crippen molar-refractivity contribution >= 4 is 0 Å². The largest absolute Gasteiger partial charge is 0.394 e. The van der Waals surface area contributed by atoms with Gasteiger partial charge in [0.25, 0.3) is 0 Å². The van der Waals surface area contributed by atoms with Crippen LogP contribution < -0.4 is 0 Å². The molecule has 0 aliphatic heterocycles. The van der Waals surface area contributed by atoms with E-state index in [-0.39, 0.29) is 13.2 Å². The molecule has 0 saturated carbocycles. The van der Waals surface area contributed by atoms with Crippen LogP contribution in [0, 0.1) is 5.92 Å². The standard InChI is InChI=1S/C11H24O3/c1-3-5-6-10(4-2)8-14-9-11(13)7-12/h10-13H,3-9H2,1-2H3/t10-,11+/m0/s1. The number of hydrogen-bond donors (Lipinski definition) is 2. The number of unbranched alkanes of at least 4 members (excludes halogenated alkanes) is 1. The van der Waals surface area contributed by atoms with E-state index in [2.05, 4.69) is 13.8 Å². The zero-order valence-electron chi connectivity index (χ0n) is 9.41. The SMILES string of the molecule is CCCC[C@H](CC)COC[C@H](O)CO. The highest BCUT2D eigenvalue weighted by atomic mass is 16.5. The summed E-state index contributed by atoms with van der Waals surface area (Å²) in [5.74, 6) is 0.598. The highest BCUT2D eigenvalue weighted by Gasteiger charge is 2.07. The highest BCUT2D eigenvalue weighted by Crippen LogP contribution is 2.12.